The van der Waals surface area contributed by atoms with Gasteiger partial charge in [0.1, 0.15) is 10.7 Å². The molecule has 0 amide bonds. The Morgan fingerprint density at radius 1 is 1.60 bits per heavy atom. The Hall–Kier alpha value is -1.16. The quantitative estimate of drug-likeness (QED) is 0.666. The van der Waals surface area contributed by atoms with Crippen LogP contribution in [-0.2, 0) is 0 Å². The molecule has 0 unspecified atom stereocenters. The van der Waals surface area contributed by atoms with E-state index in [1.807, 2.05) is 5.38 Å². The highest BCUT2D eigenvalue weighted by Gasteiger charge is 1.99. The van der Waals surface area contributed by atoms with Gasteiger partial charge in [-0.15, -0.1) is 11.3 Å². The van der Waals surface area contributed by atoms with E-state index in [0.29, 0.717) is 0 Å². The summed E-state index contributed by atoms with van der Waals surface area (Å²) in [5, 5.41) is 2.85. The van der Waals surface area contributed by atoms with Crippen molar-refractivity contribution in [3.05, 3.63) is 24.1 Å². The minimum atomic E-state index is 0.856. The average molecular weight is 150 g/mol. The van der Waals surface area contributed by atoms with E-state index in [-0.39, 0.29) is 0 Å². The zero-order valence-corrected chi connectivity index (χ0v) is 5.85. The standard InChI is InChI=1S/C6H4N3S/c1-2-10-6(8-1)5-3-7-4-9-5/h1-3H,(H,7,9). The van der Waals surface area contributed by atoms with E-state index in [9.17, 15) is 0 Å². The SMILES string of the molecule is [c]1nc(-c2nccs2)c[nH]1. The first-order valence-corrected chi connectivity index (χ1v) is 3.66. The van der Waals surface area contributed by atoms with Gasteiger partial charge in [-0.1, -0.05) is 0 Å². The van der Waals surface area contributed by atoms with Gasteiger partial charge in [0.2, 0.25) is 0 Å². The van der Waals surface area contributed by atoms with Crippen molar-refractivity contribution in [2.75, 3.05) is 0 Å². The highest BCUT2D eigenvalue weighted by Crippen LogP contribution is 2.17. The molecule has 0 aliphatic rings. The Bertz CT molecular complexity index is 252. The second-order valence-electron chi connectivity index (χ2n) is 1.73. The molecule has 0 saturated heterocycles. The summed E-state index contributed by atoms with van der Waals surface area (Å²) < 4.78 is 0. The zero-order valence-electron chi connectivity index (χ0n) is 5.03. The number of rotatable bonds is 1. The number of nitrogens with zero attached hydrogens (tertiary/aromatic N) is 2. The normalized spacial score (nSPS) is 10.0. The maximum absolute atomic E-state index is 4.07. The summed E-state index contributed by atoms with van der Waals surface area (Å²) in [6.07, 6.45) is 6.14. The molecule has 0 aromatic carbocycles. The lowest BCUT2D eigenvalue weighted by Gasteiger charge is -1.81. The summed E-state index contributed by atoms with van der Waals surface area (Å²) in [6.45, 7) is 0. The number of H-pyrrole nitrogens is 1. The van der Waals surface area contributed by atoms with Crippen LogP contribution in [0.3, 0.4) is 0 Å². The summed E-state index contributed by atoms with van der Waals surface area (Å²) in [6, 6.07) is 0. The highest BCUT2D eigenvalue weighted by molar-refractivity contribution is 7.13. The molecule has 0 aliphatic carbocycles. The van der Waals surface area contributed by atoms with Gasteiger partial charge in [0.25, 0.3) is 0 Å². The number of nitrogens with one attached hydrogen (secondary N) is 1. The predicted octanol–water partition coefficient (Wildman–Crippen LogP) is 1.33. The number of aromatic nitrogens is 3. The largest absolute Gasteiger partial charge is 0.341 e. The fourth-order valence-corrected chi connectivity index (χ4v) is 1.28. The molecule has 1 N–H and O–H groups in total. The van der Waals surface area contributed by atoms with E-state index < -0.39 is 0 Å². The lowest BCUT2D eigenvalue weighted by atomic mass is 10.5. The molecule has 0 atom stereocenters. The minimum Gasteiger partial charge on any atom is -0.341 e. The molecule has 2 rings (SSSR count). The molecular formula is C6H4N3S. The Kier molecular flexibility index (Phi) is 1.25. The zero-order chi connectivity index (χ0) is 6.81. The van der Waals surface area contributed by atoms with Gasteiger partial charge in [0.15, 0.2) is 6.33 Å². The van der Waals surface area contributed by atoms with Crippen LogP contribution >= 0.6 is 11.3 Å². The van der Waals surface area contributed by atoms with Crippen LogP contribution in [0.5, 0.6) is 0 Å². The Morgan fingerprint density at radius 3 is 3.20 bits per heavy atom. The van der Waals surface area contributed by atoms with Crippen molar-refractivity contribution in [1.82, 2.24) is 15.0 Å². The molecule has 2 heterocycles. The Balaban J connectivity index is 2.48. The third-order valence-electron chi connectivity index (χ3n) is 1.10. The molecule has 0 bridgehead atoms. The van der Waals surface area contributed by atoms with Crippen LogP contribution in [-0.4, -0.2) is 15.0 Å². The lowest BCUT2D eigenvalue weighted by Crippen LogP contribution is -1.71. The number of hydrogen-bond donors (Lipinski definition) is 1. The average Bonchev–Trinajstić information content (AvgIpc) is 2.59. The molecule has 0 aliphatic heterocycles. The van der Waals surface area contributed by atoms with Crippen LogP contribution in [0.1, 0.15) is 0 Å². The van der Waals surface area contributed by atoms with Gasteiger partial charge < -0.3 is 4.98 Å². The molecule has 0 fully saturated rings. The van der Waals surface area contributed by atoms with Crippen molar-refractivity contribution in [1.29, 1.82) is 0 Å². The van der Waals surface area contributed by atoms with E-state index in [1.165, 1.54) is 0 Å². The number of thiazole rings is 1. The van der Waals surface area contributed by atoms with Crippen molar-refractivity contribution in [3.63, 3.8) is 0 Å². The van der Waals surface area contributed by atoms with Gasteiger partial charge in [-0.2, -0.15) is 0 Å². The van der Waals surface area contributed by atoms with Crippen LogP contribution < -0.4 is 0 Å². The topological polar surface area (TPSA) is 41.6 Å². The van der Waals surface area contributed by atoms with Gasteiger partial charge in [-0.25, -0.2) is 9.97 Å². The Morgan fingerprint density at radius 2 is 2.60 bits per heavy atom. The Labute approximate surface area is 61.8 Å². The van der Waals surface area contributed by atoms with Crippen molar-refractivity contribution in [2.24, 2.45) is 0 Å². The third-order valence-corrected chi connectivity index (χ3v) is 1.90. The first-order valence-electron chi connectivity index (χ1n) is 2.78. The van der Waals surface area contributed by atoms with E-state index in [0.717, 1.165) is 10.7 Å². The summed E-state index contributed by atoms with van der Waals surface area (Å²) >= 11 is 1.57. The van der Waals surface area contributed by atoms with Crippen molar-refractivity contribution >= 4 is 11.3 Å². The molecule has 2 aromatic rings. The highest BCUT2D eigenvalue weighted by atomic mass is 32.1. The molecular weight excluding hydrogens is 146 g/mol. The fourth-order valence-electron chi connectivity index (χ4n) is 0.685. The van der Waals surface area contributed by atoms with Crippen molar-refractivity contribution < 1.29 is 0 Å². The maximum atomic E-state index is 4.07. The number of aromatic amines is 1. The third kappa shape index (κ3) is 0.823. The molecule has 4 heteroatoms. The van der Waals surface area contributed by atoms with Gasteiger partial charge in [0.05, 0.1) is 0 Å². The smallest absolute Gasteiger partial charge is 0.174 e. The molecule has 0 spiro atoms. The summed E-state index contributed by atoms with van der Waals surface area (Å²) in [5.74, 6) is 0. The van der Waals surface area contributed by atoms with Gasteiger partial charge in [0, 0.05) is 17.8 Å². The molecule has 49 valence electrons. The van der Waals surface area contributed by atoms with E-state index >= 15 is 0 Å². The summed E-state index contributed by atoms with van der Waals surface area (Å²) in [5.41, 5.74) is 0.856. The second-order valence-corrected chi connectivity index (χ2v) is 2.63. The molecule has 2 aromatic heterocycles. The van der Waals surface area contributed by atoms with Crippen molar-refractivity contribution in [3.8, 4) is 10.7 Å². The monoisotopic (exact) mass is 150 g/mol. The van der Waals surface area contributed by atoms with Crippen LogP contribution in [0.2, 0.25) is 0 Å². The van der Waals surface area contributed by atoms with Crippen LogP contribution in [0.15, 0.2) is 17.8 Å². The molecule has 3 nitrogen and oxygen atoms in total. The summed E-state index contributed by atoms with van der Waals surface area (Å²) in [7, 11) is 0. The van der Waals surface area contributed by atoms with Crippen molar-refractivity contribution in [2.45, 2.75) is 0 Å². The molecule has 0 saturated carbocycles. The first-order chi connectivity index (χ1) is 4.97. The van der Waals surface area contributed by atoms with Crippen LogP contribution in [0.25, 0.3) is 10.7 Å². The fraction of sp³-hybridized carbons (Fsp3) is 0. The van der Waals surface area contributed by atoms with Gasteiger partial charge in [-0.05, 0) is 0 Å². The van der Waals surface area contributed by atoms with Gasteiger partial charge in [-0.3, -0.25) is 0 Å². The van der Waals surface area contributed by atoms with E-state index in [1.54, 1.807) is 23.7 Å². The first kappa shape index (κ1) is 5.61. The molecule has 1 radical (unpaired) electrons. The number of imidazole rings is 1. The molecule has 10 heavy (non-hydrogen) atoms. The second kappa shape index (κ2) is 2.22. The van der Waals surface area contributed by atoms with E-state index in [2.05, 4.69) is 21.3 Å². The van der Waals surface area contributed by atoms with E-state index in [4.69, 9.17) is 0 Å². The maximum Gasteiger partial charge on any atom is 0.174 e. The minimum absolute atomic E-state index is 0.856. The number of hydrogen-bond acceptors (Lipinski definition) is 3. The summed E-state index contributed by atoms with van der Waals surface area (Å²) in [4.78, 5) is 10.7. The predicted molar refractivity (Wildman–Crippen MR) is 38.5 cm³/mol. The lowest BCUT2D eigenvalue weighted by molar-refractivity contribution is 1.28. The van der Waals surface area contributed by atoms with Gasteiger partial charge >= 0.3 is 0 Å². The van der Waals surface area contributed by atoms with Crippen LogP contribution in [0.4, 0.5) is 0 Å². The van der Waals surface area contributed by atoms with Crippen LogP contribution in [0, 0.1) is 6.33 Å².